The fraction of sp³-hybridized carbons (Fsp3) is 0.194. The third kappa shape index (κ3) is 6.92. The zero-order chi connectivity index (χ0) is 45.0. The maximum Gasteiger partial charge on any atom is 0.252 e. The van der Waals surface area contributed by atoms with Gasteiger partial charge in [-0.05, 0) is 141 Å². The molecule has 11 rings (SSSR count). The largest absolute Gasteiger partial charge is 0.311 e. The lowest BCUT2D eigenvalue weighted by Gasteiger charge is -2.46. The van der Waals surface area contributed by atoms with Crippen LogP contribution in [-0.2, 0) is 18.3 Å². The molecular formula is C62H59BN2Si. The second kappa shape index (κ2) is 17.0. The molecule has 2 heterocycles. The minimum absolute atomic E-state index is 0.0257. The van der Waals surface area contributed by atoms with Gasteiger partial charge in [-0.1, -0.05) is 192 Å². The first-order valence-electron chi connectivity index (χ1n) is 24.4. The third-order valence-electron chi connectivity index (χ3n) is 14.8. The lowest BCUT2D eigenvalue weighted by atomic mass is 9.33. The molecule has 0 saturated heterocycles. The lowest BCUT2D eigenvalue weighted by Crippen LogP contribution is -2.75. The van der Waals surface area contributed by atoms with Gasteiger partial charge in [0.05, 0.1) is 0 Å². The molecule has 3 aliphatic rings. The highest BCUT2D eigenvalue weighted by Crippen LogP contribution is 2.46. The van der Waals surface area contributed by atoms with Crippen molar-refractivity contribution in [3.05, 3.63) is 216 Å². The van der Waals surface area contributed by atoms with Crippen molar-refractivity contribution >= 4 is 92.1 Å². The summed E-state index contributed by atoms with van der Waals surface area (Å²) in [4.78, 5) is 5.27. The van der Waals surface area contributed by atoms with Crippen molar-refractivity contribution < 1.29 is 0 Å². The fourth-order valence-electron chi connectivity index (χ4n) is 11.5. The van der Waals surface area contributed by atoms with E-state index in [0.717, 1.165) is 12.8 Å². The summed E-state index contributed by atoms with van der Waals surface area (Å²) in [6.07, 6.45) is 11.7. The van der Waals surface area contributed by atoms with Gasteiger partial charge in [-0.2, -0.15) is 0 Å². The topological polar surface area (TPSA) is 6.48 Å². The molecule has 0 bridgehead atoms. The number of benzene rings is 8. The molecule has 4 heteroatoms. The second-order valence-corrected chi connectivity index (χ2v) is 23.3. The normalized spacial score (nSPS) is 14.2. The van der Waals surface area contributed by atoms with Crippen LogP contribution in [0.4, 0.5) is 34.1 Å². The van der Waals surface area contributed by atoms with Crippen LogP contribution in [0.1, 0.15) is 81.2 Å². The Bertz CT molecular complexity index is 2990. The van der Waals surface area contributed by atoms with E-state index in [2.05, 4.69) is 239 Å². The van der Waals surface area contributed by atoms with Crippen molar-refractivity contribution in [3.63, 3.8) is 0 Å². The van der Waals surface area contributed by atoms with Crippen LogP contribution in [0.5, 0.6) is 0 Å². The molecule has 1 aliphatic carbocycles. The Labute approximate surface area is 394 Å². The smallest absolute Gasteiger partial charge is 0.252 e. The number of hydrogen-bond donors (Lipinski definition) is 0. The molecule has 0 unspecified atom stereocenters. The van der Waals surface area contributed by atoms with Crippen molar-refractivity contribution in [2.24, 2.45) is 0 Å². The molecule has 0 radical (unpaired) electrons. The summed E-state index contributed by atoms with van der Waals surface area (Å²) in [7, 11) is -3.01. The highest BCUT2D eigenvalue weighted by Gasteiger charge is 2.48. The van der Waals surface area contributed by atoms with Gasteiger partial charge in [-0.3, -0.25) is 0 Å². The van der Waals surface area contributed by atoms with Crippen molar-refractivity contribution in [1.82, 2.24) is 0 Å². The van der Waals surface area contributed by atoms with Crippen LogP contribution in [0.3, 0.4) is 0 Å². The number of hydrogen-bond acceptors (Lipinski definition) is 2. The maximum absolute atomic E-state index is 3.01. The molecule has 8 aromatic rings. The Kier molecular flexibility index (Phi) is 10.8. The van der Waals surface area contributed by atoms with E-state index in [9.17, 15) is 0 Å². The Morgan fingerprint density at radius 2 is 0.970 bits per heavy atom. The van der Waals surface area contributed by atoms with Crippen LogP contribution in [0.25, 0.3) is 6.08 Å². The van der Waals surface area contributed by atoms with Crippen molar-refractivity contribution in [1.29, 1.82) is 0 Å². The molecule has 324 valence electrons. The summed E-state index contributed by atoms with van der Waals surface area (Å²) in [5.41, 5.74) is 18.3. The molecule has 0 fully saturated rings. The van der Waals surface area contributed by atoms with E-state index in [1.165, 1.54) is 125 Å². The summed E-state index contributed by atoms with van der Waals surface area (Å²) in [5, 5.41) is 5.49. The molecule has 0 atom stereocenters. The Balaban J connectivity index is 1.29. The molecule has 2 aliphatic heterocycles. The van der Waals surface area contributed by atoms with Crippen LogP contribution in [0, 0.1) is 6.92 Å². The zero-order valence-electron chi connectivity index (χ0n) is 39.2. The lowest BCUT2D eigenvalue weighted by molar-refractivity contribution is 0.683. The first kappa shape index (κ1) is 42.0. The molecule has 2 nitrogen and oxygen atoms in total. The summed E-state index contributed by atoms with van der Waals surface area (Å²) in [6, 6.07) is 71.0. The summed E-state index contributed by atoms with van der Waals surface area (Å²) < 4.78 is 0. The van der Waals surface area contributed by atoms with Crippen LogP contribution >= 0.6 is 0 Å². The molecule has 8 aromatic carbocycles. The van der Waals surface area contributed by atoms with Crippen molar-refractivity contribution in [3.8, 4) is 0 Å². The standard InChI is InChI=1S/C62H59BN2Si/c1-6-8-19-45-28-32-48(33-29-45)64-57-36-27-44(3)39-55(57)63-56-40-47-37-38-62(4,5)54(47)43-58(56)65(49-34-30-46(31-35-49)20-9-7-2)60-42-53(41-59(64)61(60)63)66(50-21-13-10-14-22-50,51-23-15-11-16-24-51)52-25-17-12-18-26-52/h10-18,21-43H,6-9,19-20H2,1-5H3. The van der Waals surface area contributed by atoms with E-state index in [1.807, 2.05) is 0 Å². The average molecular weight is 871 g/mol. The average Bonchev–Trinajstić information content (AvgIpc) is 3.66. The van der Waals surface area contributed by atoms with Crippen molar-refractivity contribution in [2.75, 3.05) is 9.80 Å². The molecular weight excluding hydrogens is 812 g/mol. The van der Waals surface area contributed by atoms with Crippen LogP contribution < -0.4 is 46.9 Å². The second-order valence-electron chi connectivity index (χ2n) is 19.5. The van der Waals surface area contributed by atoms with Gasteiger partial charge in [-0.15, -0.1) is 0 Å². The monoisotopic (exact) mass is 870 g/mol. The number of allylic oxidation sites excluding steroid dienone is 1. The van der Waals surface area contributed by atoms with Gasteiger partial charge in [-0.25, -0.2) is 0 Å². The van der Waals surface area contributed by atoms with Gasteiger partial charge in [0.1, 0.15) is 0 Å². The van der Waals surface area contributed by atoms with Gasteiger partial charge < -0.3 is 9.80 Å². The number of unbranched alkanes of at least 4 members (excludes halogenated alkanes) is 2. The van der Waals surface area contributed by atoms with E-state index in [-0.39, 0.29) is 12.1 Å². The minimum Gasteiger partial charge on any atom is -0.311 e. The Morgan fingerprint density at radius 1 is 0.485 bits per heavy atom. The van der Waals surface area contributed by atoms with Gasteiger partial charge in [0, 0.05) is 39.5 Å². The summed E-state index contributed by atoms with van der Waals surface area (Å²) >= 11 is 0. The van der Waals surface area contributed by atoms with Gasteiger partial charge in [0.25, 0.3) is 6.71 Å². The summed E-state index contributed by atoms with van der Waals surface area (Å²) in [6.45, 7) is 11.6. The number of anilines is 6. The minimum atomic E-state index is -3.01. The number of fused-ring (bicyclic) bond motifs is 5. The first-order valence-corrected chi connectivity index (χ1v) is 26.4. The van der Waals surface area contributed by atoms with Gasteiger partial charge >= 0.3 is 0 Å². The number of nitrogens with zero attached hydrogens (tertiary/aromatic N) is 2. The number of aryl methyl sites for hydroxylation is 3. The molecule has 0 aromatic heterocycles. The molecule has 66 heavy (non-hydrogen) atoms. The first-order chi connectivity index (χ1) is 32.3. The SMILES string of the molecule is CCCCc1ccc(N2c3ccc(C)cc3B3c4cc5c(cc4N(c4ccc(CCCC)cc4)c4cc([Si](c6ccccc6)(c6ccccc6)c6ccccc6)cc2c43)C(C)(C)C=C5)cc1. The Hall–Kier alpha value is -6.62. The van der Waals surface area contributed by atoms with Crippen LogP contribution in [-0.4, -0.2) is 14.8 Å². The maximum atomic E-state index is 2.65. The van der Waals surface area contributed by atoms with E-state index in [1.54, 1.807) is 0 Å². The Morgan fingerprint density at radius 3 is 1.47 bits per heavy atom. The van der Waals surface area contributed by atoms with Crippen LogP contribution in [0.2, 0.25) is 0 Å². The molecule has 0 spiro atoms. The molecule has 0 amide bonds. The van der Waals surface area contributed by atoms with Crippen LogP contribution in [0.15, 0.2) is 188 Å². The third-order valence-corrected chi connectivity index (χ3v) is 19.6. The van der Waals surface area contributed by atoms with E-state index in [4.69, 9.17) is 0 Å². The number of rotatable bonds is 12. The van der Waals surface area contributed by atoms with Crippen molar-refractivity contribution in [2.45, 2.75) is 78.6 Å². The highest BCUT2D eigenvalue weighted by atomic mass is 28.3. The van der Waals surface area contributed by atoms with E-state index in [0.29, 0.717) is 0 Å². The van der Waals surface area contributed by atoms with E-state index >= 15 is 0 Å². The predicted octanol–water partition coefficient (Wildman–Crippen LogP) is 11.4. The quantitative estimate of drug-likeness (QED) is 0.0891. The van der Waals surface area contributed by atoms with Gasteiger partial charge in [0.2, 0.25) is 0 Å². The highest BCUT2D eigenvalue weighted by molar-refractivity contribution is 7.20. The molecule has 0 saturated carbocycles. The molecule has 0 N–H and O–H groups in total. The predicted molar refractivity (Wildman–Crippen MR) is 288 cm³/mol. The van der Waals surface area contributed by atoms with Gasteiger partial charge in [0.15, 0.2) is 8.07 Å². The van der Waals surface area contributed by atoms with E-state index < -0.39 is 8.07 Å². The fourth-order valence-corrected chi connectivity index (χ4v) is 16.3. The zero-order valence-corrected chi connectivity index (χ0v) is 40.2. The summed E-state index contributed by atoms with van der Waals surface area (Å²) in [5.74, 6) is 0.